The molecule has 1 aromatic heterocycles. The lowest BCUT2D eigenvalue weighted by Crippen LogP contribution is -2.49. The monoisotopic (exact) mass is 412 g/mol. The van der Waals surface area contributed by atoms with Crippen LogP contribution in [0, 0.1) is 11.3 Å². The number of benzene rings is 2. The lowest BCUT2D eigenvalue weighted by atomic mass is 10.2. The minimum absolute atomic E-state index is 0.0881. The van der Waals surface area contributed by atoms with Crippen molar-refractivity contribution in [2.45, 2.75) is 17.9 Å². The van der Waals surface area contributed by atoms with Crippen LogP contribution in [-0.4, -0.2) is 48.8 Å². The van der Waals surface area contributed by atoms with Gasteiger partial charge in [0.1, 0.15) is 11.1 Å². The van der Waals surface area contributed by atoms with Crippen molar-refractivity contribution < 1.29 is 8.42 Å². The van der Waals surface area contributed by atoms with Gasteiger partial charge in [-0.3, -0.25) is 4.90 Å². The van der Waals surface area contributed by atoms with E-state index in [4.69, 9.17) is 4.98 Å². The highest BCUT2D eigenvalue weighted by Gasteiger charge is 2.32. The van der Waals surface area contributed by atoms with Gasteiger partial charge in [0.25, 0.3) is 0 Å². The molecule has 0 N–H and O–H groups in total. The normalized spacial score (nSPS) is 17.4. The van der Waals surface area contributed by atoms with E-state index in [1.165, 1.54) is 15.1 Å². The van der Waals surface area contributed by atoms with Crippen LogP contribution in [-0.2, 0) is 10.0 Å². The van der Waals surface area contributed by atoms with Crippen molar-refractivity contribution >= 4 is 31.6 Å². The molecule has 0 spiro atoms. The molecule has 0 amide bonds. The van der Waals surface area contributed by atoms with Gasteiger partial charge in [-0.15, -0.1) is 11.3 Å². The van der Waals surface area contributed by atoms with E-state index in [0.717, 1.165) is 10.5 Å². The number of nitriles is 1. The molecule has 1 fully saturated rings. The predicted molar refractivity (Wildman–Crippen MR) is 110 cm³/mol. The number of thiazole rings is 1. The third-order valence-corrected chi connectivity index (χ3v) is 8.28. The average molecular weight is 413 g/mol. The van der Waals surface area contributed by atoms with Crippen molar-refractivity contribution in [1.29, 1.82) is 5.26 Å². The molecule has 6 nitrogen and oxygen atoms in total. The molecule has 1 aliphatic rings. The third kappa shape index (κ3) is 3.42. The lowest BCUT2D eigenvalue weighted by molar-refractivity contribution is 0.146. The van der Waals surface area contributed by atoms with Gasteiger partial charge in [-0.2, -0.15) is 9.57 Å². The van der Waals surface area contributed by atoms with Crippen molar-refractivity contribution in [3.8, 4) is 6.07 Å². The van der Waals surface area contributed by atoms with Crippen LogP contribution < -0.4 is 0 Å². The molecule has 2 heterocycles. The van der Waals surface area contributed by atoms with Gasteiger partial charge in [0, 0.05) is 26.2 Å². The molecule has 0 saturated carbocycles. The quantitative estimate of drug-likeness (QED) is 0.657. The van der Waals surface area contributed by atoms with E-state index in [1.54, 1.807) is 29.5 Å². The zero-order valence-corrected chi connectivity index (χ0v) is 17.1. The maximum atomic E-state index is 13.0. The summed E-state index contributed by atoms with van der Waals surface area (Å²) in [7, 11) is -3.67. The molecule has 0 aliphatic carbocycles. The number of hydrogen-bond acceptors (Lipinski definition) is 6. The molecule has 0 bridgehead atoms. The van der Waals surface area contributed by atoms with Gasteiger partial charge in [-0.05, 0) is 31.2 Å². The minimum Gasteiger partial charge on any atom is -0.292 e. The molecule has 2 aromatic carbocycles. The Labute approximate surface area is 168 Å². The number of para-hydroxylation sites is 1. The van der Waals surface area contributed by atoms with Crippen molar-refractivity contribution in [2.24, 2.45) is 0 Å². The summed E-state index contributed by atoms with van der Waals surface area (Å²) in [6.45, 7) is 4.18. The Morgan fingerprint density at radius 2 is 1.75 bits per heavy atom. The molecule has 1 aliphatic heterocycles. The van der Waals surface area contributed by atoms with Crippen LogP contribution in [0.15, 0.2) is 53.4 Å². The Kier molecular flexibility index (Phi) is 5.17. The topological polar surface area (TPSA) is 77.3 Å². The number of sulfonamides is 1. The van der Waals surface area contributed by atoms with Gasteiger partial charge in [-0.1, -0.05) is 24.3 Å². The number of piperazine rings is 1. The Balaban J connectivity index is 1.49. The molecular weight excluding hydrogens is 392 g/mol. The number of nitrogens with zero attached hydrogens (tertiary/aromatic N) is 4. The van der Waals surface area contributed by atoms with Crippen LogP contribution >= 0.6 is 11.3 Å². The zero-order valence-electron chi connectivity index (χ0n) is 15.4. The zero-order chi connectivity index (χ0) is 19.7. The first-order valence-corrected chi connectivity index (χ1v) is 11.3. The number of fused-ring (bicyclic) bond motifs is 1. The predicted octanol–water partition coefficient (Wildman–Crippen LogP) is 3.24. The lowest BCUT2D eigenvalue weighted by Gasteiger charge is -2.36. The Morgan fingerprint density at radius 1 is 1.07 bits per heavy atom. The summed E-state index contributed by atoms with van der Waals surface area (Å²) in [5.41, 5.74) is 1.19. The molecule has 0 radical (unpaired) electrons. The van der Waals surface area contributed by atoms with Crippen LogP contribution in [0.2, 0.25) is 0 Å². The number of aromatic nitrogens is 1. The van der Waals surface area contributed by atoms with Gasteiger partial charge >= 0.3 is 0 Å². The largest absolute Gasteiger partial charge is 0.292 e. The summed E-state index contributed by atoms with van der Waals surface area (Å²) in [5.74, 6) is 0. The van der Waals surface area contributed by atoms with Gasteiger partial charge in [0.05, 0.1) is 26.7 Å². The van der Waals surface area contributed by atoms with Crippen LogP contribution in [0.25, 0.3) is 10.2 Å². The molecule has 1 atom stereocenters. The molecule has 8 heteroatoms. The summed E-state index contributed by atoms with van der Waals surface area (Å²) < 4.78 is 28.6. The highest BCUT2D eigenvalue weighted by molar-refractivity contribution is 7.89. The van der Waals surface area contributed by atoms with E-state index in [2.05, 4.69) is 17.9 Å². The summed E-state index contributed by atoms with van der Waals surface area (Å²) in [6, 6.07) is 16.6. The highest BCUT2D eigenvalue weighted by Crippen LogP contribution is 2.30. The van der Waals surface area contributed by atoms with Crippen LogP contribution in [0.4, 0.5) is 0 Å². The fraction of sp³-hybridized carbons (Fsp3) is 0.300. The summed E-state index contributed by atoms with van der Waals surface area (Å²) in [5, 5.41) is 10.3. The summed E-state index contributed by atoms with van der Waals surface area (Å²) in [4.78, 5) is 7.09. The van der Waals surface area contributed by atoms with Crippen LogP contribution in [0.1, 0.15) is 23.5 Å². The number of hydrogen-bond donors (Lipinski definition) is 0. The van der Waals surface area contributed by atoms with E-state index < -0.39 is 10.0 Å². The fourth-order valence-electron chi connectivity index (χ4n) is 3.48. The second-order valence-electron chi connectivity index (χ2n) is 6.74. The Hall–Kier alpha value is -2.31. The van der Waals surface area contributed by atoms with Gasteiger partial charge in [0.15, 0.2) is 0 Å². The second kappa shape index (κ2) is 7.60. The minimum atomic E-state index is -3.67. The second-order valence-corrected chi connectivity index (χ2v) is 9.71. The first-order valence-electron chi connectivity index (χ1n) is 9.09. The smallest absolute Gasteiger partial charge is 0.244 e. The van der Waals surface area contributed by atoms with Crippen molar-refractivity contribution in [3.63, 3.8) is 0 Å². The Bertz CT molecular complexity index is 1110. The maximum Gasteiger partial charge on any atom is 0.244 e. The molecule has 1 saturated heterocycles. The molecule has 28 heavy (non-hydrogen) atoms. The summed E-state index contributed by atoms with van der Waals surface area (Å²) in [6.07, 6.45) is 0. The van der Waals surface area contributed by atoms with E-state index in [9.17, 15) is 13.7 Å². The maximum absolute atomic E-state index is 13.0. The van der Waals surface area contributed by atoms with Gasteiger partial charge < -0.3 is 0 Å². The van der Waals surface area contributed by atoms with Crippen molar-refractivity contribution in [1.82, 2.24) is 14.2 Å². The molecule has 144 valence electrons. The molecule has 3 aromatic rings. The van der Waals surface area contributed by atoms with E-state index in [-0.39, 0.29) is 16.5 Å². The molecular formula is C20H20N4O2S2. The van der Waals surface area contributed by atoms with Gasteiger partial charge in [0.2, 0.25) is 10.0 Å². The van der Waals surface area contributed by atoms with E-state index in [0.29, 0.717) is 26.2 Å². The fourth-order valence-corrected chi connectivity index (χ4v) is 6.10. The Morgan fingerprint density at radius 3 is 2.46 bits per heavy atom. The molecule has 4 rings (SSSR count). The third-order valence-electron chi connectivity index (χ3n) is 5.11. The van der Waals surface area contributed by atoms with Crippen molar-refractivity contribution in [2.75, 3.05) is 26.2 Å². The van der Waals surface area contributed by atoms with E-state index >= 15 is 0 Å². The van der Waals surface area contributed by atoms with Crippen LogP contribution in [0.5, 0.6) is 0 Å². The number of rotatable bonds is 4. The first-order chi connectivity index (χ1) is 13.5. The van der Waals surface area contributed by atoms with Crippen LogP contribution in [0.3, 0.4) is 0 Å². The SMILES string of the molecule is C[C@H](c1nc2ccccc2s1)N1CCN(S(=O)(=O)c2ccccc2C#N)CC1. The average Bonchev–Trinajstić information content (AvgIpc) is 3.17. The highest BCUT2D eigenvalue weighted by atomic mass is 32.2. The van der Waals surface area contributed by atoms with Gasteiger partial charge in [-0.25, -0.2) is 13.4 Å². The first kappa shape index (κ1) is 19.0. The van der Waals surface area contributed by atoms with Crippen molar-refractivity contribution in [3.05, 3.63) is 59.1 Å². The standard InChI is InChI=1S/C20H20N4O2S2/c1-15(20-22-17-7-3-4-8-18(17)27-20)23-10-12-24(13-11-23)28(25,26)19-9-5-2-6-16(19)14-21/h2-9,15H,10-13H2,1H3/t15-/m1/s1. The summed E-state index contributed by atoms with van der Waals surface area (Å²) >= 11 is 1.69. The molecule has 0 unspecified atom stereocenters. The van der Waals surface area contributed by atoms with E-state index in [1.807, 2.05) is 24.3 Å².